The lowest BCUT2D eigenvalue weighted by Gasteiger charge is -2.27. The normalized spacial score (nSPS) is 17.7. The number of likely N-dealkylation sites (tertiary alicyclic amines) is 1. The molecule has 1 aliphatic heterocycles. The van der Waals surface area contributed by atoms with Gasteiger partial charge in [-0.05, 0) is 46.2 Å². The smallest absolute Gasteiger partial charge is 0.234 e. The van der Waals surface area contributed by atoms with E-state index in [2.05, 4.69) is 36.3 Å². The van der Waals surface area contributed by atoms with Crippen LogP contribution in [0.1, 0.15) is 46.5 Å². The van der Waals surface area contributed by atoms with E-state index in [1.807, 2.05) is 0 Å². The Morgan fingerprint density at radius 2 is 1.89 bits per heavy atom. The number of nitrogens with one attached hydrogen (secondary N) is 2. The van der Waals surface area contributed by atoms with Gasteiger partial charge in [-0.2, -0.15) is 0 Å². The third-order valence-corrected chi connectivity index (χ3v) is 3.70. The largest absolute Gasteiger partial charge is 0.350 e. The number of nitrogens with zero attached hydrogens (tertiary/aromatic N) is 1. The summed E-state index contributed by atoms with van der Waals surface area (Å²) in [7, 11) is 0. The fraction of sp³-hybridized carbons (Fsp3) is 0.929. The minimum Gasteiger partial charge on any atom is -0.350 e. The van der Waals surface area contributed by atoms with Gasteiger partial charge < -0.3 is 15.5 Å². The van der Waals surface area contributed by atoms with Crippen molar-refractivity contribution >= 4 is 5.91 Å². The molecule has 1 rings (SSSR count). The van der Waals surface area contributed by atoms with Crippen LogP contribution in [-0.2, 0) is 4.79 Å². The Bertz CT molecular complexity index is 247. The highest BCUT2D eigenvalue weighted by atomic mass is 16.2. The summed E-state index contributed by atoms with van der Waals surface area (Å²) in [4.78, 5) is 14.2. The van der Waals surface area contributed by atoms with Gasteiger partial charge in [0.25, 0.3) is 0 Å². The lowest BCUT2D eigenvalue weighted by molar-refractivity contribution is -0.121. The predicted octanol–water partition coefficient (Wildman–Crippen LogP) is 1.37. The topological polar surface area (TPSA) is 44.4 Å². The Hall–Kier alpha value is -0.610. The van der Waals surface area contributed by atoms with Crippen LogP contribution in [0.5, 0.6) is 0 Å². The molecule has 2 N–H and O–H groups in total. The summed E-state index contributed by atoms with van der Waals surface area (Å²) < 4.78 is 0. The van der Waals surface area contributed by atoms with Crippen molar-refractivity contribution in [3.05, 3.63) is 0 Å². The predicted molar refractivity (Wildman–Crippen MR) is 75.7 cm³/mol. The molecular formula is C14H29N3O. The molecule has 1 aliphatic rings. The molecule has 1 fully saturated rings. The van der Waals surface area contributed by atoms with Gasteiger partial charge in [0, 0.05) is 18.6 Å². The summed E-state index contributed by atoms with van der Waals surface area (Å²) >= 11 is 0. The van der Waals surface area contributed by atoms with Crippen LogP contribution in [0.2, 0.25) is 0 Å². The lowest BCUT2D eigenvalue weighted by atomic mass is 10.0. The Morgan fingerprint density at radius 3 is 2.50 bits per heavy atom. The minimum atomic E-state index is -0.0916. The Balaban J connectivity index is 2.04. The van der Waals surface area contributed by atoms with Crippen LogP contribution in [-0.4, -0.2) is 49.1 Å². The lowest BCUT2D eigenvalue weighted by Crippen LogP contribution is -2.47. The molecule has 0 atom stereocenters. The molecule has 0 aromatic heterocycles. The van der Waals surface area contributed by atoms with Gasteiger partial charge in [-0.1, -0.05) is 13.3 Å². The number of carbonyl (C=O) groups is 1. The first-order valence-electron chi connectivity index (χ1n) is 7.27. The van der Waals surface area contributed by atoms with Crippen molar-refractivity contribution in [2.24, 2.45) is 0 Å². The molecule has 18 heavy (non-hydrogen) atoms. The molecule has 1 heterocycles. The standard InChI is InChI=1S/C14H29N3O/c1-4-14(2,3)16-13(18)12-15-8-11-17-9-6-5-7-10-17/h15H,4-12H2,1-3H3,(H,16,18). The third-order valence-electron chi connectivity index (χ3n) is 3.70. The third kappa shape index (κ3) is 6.36. The van der Waals surface area contributed by atoms with Crippen molar-refractivity contribution in [3.63, 3.8) is 0 Å². The van der Waals surface area contributed by atoms with Gasteiger partial charge in [-0.25, -0.2) is 0 Å². The molecule has 0 saturated carbocycles. The molecule has 0 aromatic rings. The van der Waals surface area contributed by atoms with Gasteiger partial charge in [-0.15, -0.1) is 0 Å². The summed E-state index contributed by atoms with van der Waals surface area (Å²) in [5.41, 5.74) is -0.0916. The Morgan fingerprint density at radius 1 is 1.22 bits per heavy atom. The molecule has 0 aromatic carbocycles. The summed E-state index contributed by atoms with van der Waals surface area (Å²) in [5.74, 6) is 0.0977. The number of piperidine rings is 1. The summed E-state index contributed by atoms with van der Waals surface area (Å²) in [5, 5.41) is 6.25. The highest BCUT2D eigenvalue weighted by Crippen LogP contribution is 2.07. The Labute approximate surface area is 111 Å². The van der Waals surface area contributed by atoms with Crippen LogP contribution >= 0.6 is 0 Å². The molecule has 4 heteroatoms. The van der Waals surface area contributed by atoms with Crippen molar-refractivity contribution < 1.29 is 4.79 Å². The van der Waals surface area contributed by atoms with Gasteiger partial charge in [0.2, 0.25) is 5.91 Å². The maximum atomic E-state index is 11.7. The molecule has 4 nitrogen and oxygen atoms in total. The molecule has 0 spiro atoms. The van der Waals surface area contributed by atoms with E-state index in [9.17, 15) is 4.79 Å². The minimum absolute atomic E-state index is 0.0916. The molecule has 1 saturated heterocycles. The first-order chi connectivity index (χ1) is 8.53. The molecule has 106 valence electrons. The van der Waals surface area contributed by atoms with E-state index in [1.165, 1.54) is 32.4 Å². The highest BCUT2D eigenvalue weighted by Gasteiger charge is 2.17. The zero-order valence-electron chi connectivity index (χ0n) is 12.2. The maximum Gasteiger partial charge on any atom is 0.234 e. The van der Waals surface area contributed by atoms with E-state index in [4.69, 9.17) is 0 Å². The molecule has 0 radical (unpaired) electrons. The van der Waals surface area contributed by atoms with E-state index in [1.54, 1.807) is 0 Å². The average Bonchev–Trinajstić information content (AvgIpc) is 2.35. The summed E-state index contributed by atoms with van der Waals surface area (Å²) in [6.07, 6.45) is 4.97. The first-order valence-corrected chi connectivity index (χ1v) is 7.27. The molecule has 0 aliphatic carbocycles. The van der Waals surface area contributed by atoms with Crippen LogP contribution in [0, 0.1) is 0 Å². The SMILES string of the molecule is CCC(C)(C)NC(=O)CNCCN1CCCCC1. The molecular weight excluding hydrogens is 226 g/mol. The van der Waals surface area contributed by atoms with Gasteiger partial charge in [-0.3, -0.25) is 4.79 Å². The van der Waals surface area contributed by atoms with Crippen LogP contribution in [0.4, 0.5) is 0 Å². The average molecular weight is 255 g/mol. The monoisotopic (exact) mass is 255 g/mol. The number of rotatable bonds is 7. The van der Waals surface area contributed by atoms with E-state index in [-0.39, 0.29) is 11.4 Å². The fourth-order valence-electron chi connectivity index (χ4n) is 2.13. The molecule has 0 unspecified atom stereocenters. The zero-order valence-corrected chi connectivity index (χ0v) is 12.2. The maximum absolute atomic E-state index is 11.7. The van der Waals surface area contributed by atoms with Crippen molar-refractivity contribution in [2.45, 2.75) is 52.0 Å². The van der Waals surface area contributed by atoms with Crippen molar-refractivity contribution in [2.75, 3.05) is 32.7 Å². The second kappa shape index (κ2) is 7.74. The zero-order chi connectivity index (χ0) is 13.4. The number of hydrogen-bond donors (Lipinski definition) is 2. The number of amides is 1. The highest BCUT2D eigenvalue weighted by molar-refractivity contribution is 5.78. The van der Waals surface area contributed by atoms with E-state index < -0.39 is 0 Å². The number of hydrogen-bond acceptors (Lipinski definition) is 3. The quantitative estimate of drug-likeness (QED) is 0.675. The van der Waals surface area contributed by atoms with Crippen LogP contribution in [0.15, 0.2) is 0 Å². The van der Waals surface area contributed by atoms with Crippen LogP contribution in [0.3, 0.4) is 0 Å². The van der Waals surface area contributed by atoms with Crippen LogP contribution < -0.4 is 10.6 Å². The second-order valence-electron chi connectivity index (χ2n) is 5.86. The summed E-state index contributed by atoms with van der Waals surface area (Å²) in [6.45, 7) is 11.0. The van der Waals surface area contributed by atoms with Crippen molar-refractivity contribution in [1.82, 2.24) is 15.5 Å². The van der Waals surface area contributed by atoms with Crippen molar-refractivity contribution in [1.29, 1.82) is 0 Å². The summed E-state index contributed by atoms with van der Waals surface area (Å²) in [6, 6.07) is 0. The number of carbonyl (C=O) groups excluding carboxylic acids is 1. The van der Waals surface area contributed by atoms with Gasteiger partial charge in [0.05, 0.1) is 6.54 Å². The Kier molecular flexibility index (Phi) is 6.65. The van der Waals surface area contributed by atoms with Crippen LogP contribution in [0.25, 0.3) is 0 Å². The van der Waals surface area contributed by atoms with Gasteiger partial charge in [0.15, 0.2) is 0 Å². The molecule has 0 bridgehead atoms. The van der Waals surface area contributed by atoms with E-state index in [0.29, 0.717) is 6.54 Å². The van der Waals surface area contributed by atoms with Gasteiger partial charge >= 0.3 is 0 Å². The fourth-order valence-corrected chi connectivity index (χ4v) is 2.13. The second-order valence-corrected chi connectivity index (χ2v) is 5.86. The van der Waals surface area contributed by atoms with Crippen molar-refractivity contribution in [3.8, 4) is 0 Å². The van der Waals surface area contributed by atoms with E-state index >= 15 is 0 Å². The first kappa shape index (κ1) is 15.4. The van der Waals surface area contributed by atoms with Gasteiger partial charge in [0.1, 0.15) is 0 Å². The van der Waals surface area contributed by atoms with E-state index in [0.717, 1.165) is 19.5 Å². The molecule has 1 amide bonds.